The summed E-state index contributed by atoms with van der Waals surface area (Å²) in [7, 11) is 3.52. The molecule has 0 atom stereocenters. The predicted molar refractivity (Wildman–Crippen MR) is 77.2 cm³/mol. The highest BCUT2D eigenvalue weighted by Gasteiger charge is 2.09. The van der Waals surface area contributed by atoms with Crippen LogP contribution in [0.4, 0.5) is 5.82 Å². The standard InChI is InChI=1S/C15H19N3O/c1-10-6-5-7-13(11(10)2)15-17-12(9-19-4)8-14(16-3)18-15/h5-8H,9H2,1-4H3,(H,16,17,18). The van der Waals surface area contributed by atoms with Crippen molar-refractivity contribution < 1.29 is 4.74 Å². The van der Waals surface area contributed by atoms with E-state index in [1.807, 2.05) is 25.2 Å². The molecule has 0 saturated carbocycles. The first kappa shape index (κ1) is 13.5. The lowest BCUT2D eigenvalue weighted by molar-refractivity contribution is 0.181. The number of aryl methyl sites for hydroxylation is 1. The highest BCUT2D eigenvalue weighted by atomic mass is 16.5. The van der Waals surface area contributed by atoms with Gasteiger partial charge in [0.15, 0.2) is 5.82 Å². The van der Waals surface area contributed by atoms with Crippen molar-refractivity contribution in [2.45, 2.75) is 20.5 Å². The Morgan fingerprint density at radius 3 is 2.68 bits per heavy atom. The average molecular weight is 257 g/mol. The highest BCUT2D eigenvalue weighted by Crippen LogP contribution is 2.24. The molecule has 19 heavy (non-hydrogen) atoms. The molecular formula is C15H19N3O. The second kappa shape index (κ2) is 5.80. The van der Waals surface area contributed by atoms with Crippen molar-refractivity contribution >= 4 is 5.82 Å². The molecule has 2 rings (SSSR count). The Bertz CT molecular complexity index is 582. The molecule has 0 radical (unpaired) electrons. The number of anilines is 1. The summed E-state index contributed by atoms with van der Waals surface area (Å²) in [6.07, 6.45) is 0. The molecular weight excluding hydrogens is 238 g/mol. The highest BCUT2D eigenvalue weighted by molar-refractivity contribution is 5.63. The van der Waals surface area contributed by atoms with Gasteiger partial charge < -0.3 is 10.1 Å². The molecule has 0 aliphatic carbocycles. The third-order valence-electron chi connectivity index (χ3n) is 3.17. The maximum absolute atomic E-state index is 5.15. The number of nitrogens with zero attached hydrogens (tertiary/aromatic N) is 2. The van der Waals surface area contributed by atoms with Gasteiger partial charge in [-0.2, -0.15) is 0 Å². The number of hydrogen-bond acceptors (Lipinski definition) is 4. The van der Waals surface area contributed by atoms with E-state index in [-0.39, 0.29) is 0 Å². The fraction of sp³-hybridized carbons (Fsp3) is 0.333. The van der Waals surface area contributed by atoms with E-state index >= 15 is 0 Å². The first-order chi connectivity index (χ1) is 9.15. The van der Waals surface area contributed by atoms with Crippen molar-refractivity contribution in [2.75, 3.05) is 19.5 Å². The maximum atomic E-state index is 5.15. The van der Waals surface area contributed by atoms with Gasteiger partial charge in [-0.15, -0.1) is 0 Å². The van der Waals surface area contributed by atoms with Gasteiger partial charge in [0.2, 0.25) is 0 Å². The lowest BCUT2D eigenvalue weighted by Gasteiger charge is -2.10. The van der Waals surface area contributed by atoms with Crippen LogP contribution in [0.25, 0.3) is 11.4 Å². The quantitative estimate of drug-likeness (QED) is 0.914. The van der Waals surface area contributed by atoms with Gasteiger partial charge in [-0.3, -0.25) is 0 Å². The second-order valence-corrected chi connectivity index (χ2v) is 4.50. The van der Waals surface area contributed by atoms with Gasteiger partial charge >= 0.3 is 0 Å². The number of aromatic nitrogens is 2. The zero-order valence-corrected chi connectivity index (χ0v) is 11.8. The molecule has 0 aliphatic heterocycles. The Morgan fingerprint density at radius 1 is 1.21 bits per heavy atom. The van der Waals surface area contributed by atoms with Crippen molar-refractivity contribution in [3.63, 3.8) is 0 Å². The molecule has 0 unspecified atom stereocenters. The predicted octanol–water partition coefficient (Wildman–Crippen LogP) is 2.95. The normalized spacial score (nSPS) is 10.5. The summed E-state index contributed by atoms with van der Waals surface area (Å²) in [6, 6.07) is 8.08. The number of nitrogens with one attached hydrogen (secondary N) is 1. The minimum atomic E-state index is 0.481. The molecule has 1 aromatic heterocycles. The van der Waals surface area contributed by atoms with E-state index in [9.17, 15) is 0 Å². The Labute approximate surface area is 113 Å². The number of methoxy groups -OCH3 is 1. The van der Waals surface area contributed by atoms with E-state index < -0.39 is 0 Å². The van der Waals surface area contributed by atoms with Gasteiger partial charge in [0.05, 0.1) is 12.3 Å². The van der Waals surface area contributed by atoms with Crippen LogP contribution in [0.2, 0.25) is 0 Å². The monoisotopic (exact) mass is 257 g/mol. The van der Waals surface area contributed by atoms with Gasteiger partial charge in [0.1, 0.15) is 5.82 Å². The molecule has 0 spiro atoms. The third-order valence-corrected chi connectivity index (χ3v) is 3.17. The molecule has 2 aromatic rings. The fourth-order valence-electron chi connectivity index (χ4n) is 1.96. The van der Waals surface area contributed by atoms with Crippen LogP contribution in [0.3, 0.4) is 0 Å². The van der Waals surface area contributed by atoms with E-state index in [1.54, 1.807) is 7.11 Å². The van der Waals surface area contributed by atoms with Gasteiger partial charge in [-0.05, 0) is 25.0 Å². The summed E-state index contributed by atoms with van der Waals surface area (Å²) in [5.41, 5.74) is 4.38. The van der Waals surface area contributed by atoms with Crippen molar-refractivity contribution in [3.8, 4) is 11.4 Å². The van der Waals surface area contributed by atoms with Gasteiger partial charge in [-0.1, -0.05) is 18.2 Å². The van der Waals surface area contributed by atoms with E-state index in [0.717, 1.165) is 22.9 Å². The van der Waals surface area contributed by atoms with Crippen LogP contribution in [0.5, 0.6) is 0 Å². The Morgan fingerprint density at radius 2 is 2.00 bits per heavy atom. The average Bonchev–Trinajstić information content (AvgIpc) is 2.42. The molecule has 0 bridgehead atoms. The molecule has 0 saturated heterocycles. The van der Waals surface area contributed by atoms with Crippen LogP contribution in [0.15, 0.2) is 24.3 Å². The van der Waals surface area contributed by atoms with Crippen molar-refractivity contribution in [2.24, 2.45) is 0 Å². The van der Waals surface area contributed by atoms with Crippen LogP contribution in [0, 0.1) is 13.8 Å². The minimum Gasteiger partial charge on any atom is -0.378 e. The summed E-state index contributed by atoms with van der Waals surface area (Å²) in [4.78, 5) is 9.10. The van der Waals surface area contributed by atoms with Gasteiger partial charge in [0, 0.05) is 25.8 Å². The number of rotatable bonds is 4. The number of benzene rings is 1. The molecule has 4 nitrogen and oxygen atoms in total. The summed E-state index contributed by atoms with van der Waals surface area (Å²) in [6.45, 7) is 4.67. The zero-order chi connectivity index (χ0) is 13.8. The van der Waals surface area contributed by atoms with Gasteiger partial charge in [0.25, 0.3) is 0 Å². The van der Waals surface area contributed by atoms with Crippen molar-refractivity contribution in [3.05, 3.63) is 41.1 Å². The SMILES string of the molecule is CNc1cc(COC)nc(-c2cccc(C)c2C)n1. The molecule has 1 heterocycles. The first-order valence-electron chi connectivity index (χ1n) is 6.27. The Balaban J connectivity index is 2.54. The molecule has 0 amide bonds. The van der Waals surface area contributed by atoms with Crippen LogP contribution in [0.1, 0.15) is 16.8 Å². The maximum Gasteiger partial charge on any atom is 0.162 e. The lowest BCUT2D eigenvalue weighted by atomic mass is 10.0. The number of hydrogen-bond donors (Lipinski definition) is 1. The van der Waals surface area contributed by atoms with Crippen molar-refractivity contribution in [1.29, 1.82) is 0 Å². The Hall–Kier alpha value is -1.94. The van der Waals surface area contributed by atoms with Crippen LogP contribution in [-0.4, -0.2) is 24.1 Å². The smallest absolute Gasteiger partial charge is 0.162 e. The van der Waals surface area contributed by atoms with Gasteiger partial charge in [-0.25, -0.2) is 9.97 Å². The largest absolute Gasteiger partial charge is 0.378 e. The molecule has 1 aromatic carbocycles. The van der Waals surface area contributed by atoms with Crippen LogP contribution < -0.4 is 5.32 Å². The Kier molecular flexibility index (Phi) is 4.12. The van der Waals surface area contributed by atoms with Crippen LogP contribution >= 0.6 is 0 Å². The van der Waals surface area contributed by atoms with Crippen LogP contribution in [-0.2, 0) is 11.3 Å². The molecule has 1 N–H and O–H groups in total. The van der Waals surface area contributed by atoms with E-state index in [1.165, 1.54) is 11.1 Å². The molecule has 4 heteroatoms. The third kappa shape index (κ3) is 2.90. The topological polar surface area (TPSA) is 47.0 Å². The lowest BCUT2D eigenvalue weighted by Crippen LogP contribution is -2.03. The molecule has 0 fully saturated rings. The minimum absolute atomic E-state index is 0.481. The second-order valence-electron chi connectivity index (χ2n) is 4.50. The fourth-order valence-corrected chi connectivity index (χ4v) is 1.96. The zero-order valence-electron chi connectivity index (χ0n) is 11.8. The van der Waals surface area contributed by atoms with E-state index in [4.69, 9.17) is 4.74 Å². The van der Waals surface area contributed by atoms with Crippen molar-refractivity contribution in [1.82, 2.24) is 9.97 Å². The molecule has 0 aliphatic rings. The summed E-state index contributed by atoms with van der Waals surface area (Å²) >= 11 is 0. The summed E-state index contributed by atoms with van der Waals surface area (Å²) < 4.78 is 5.15. The first-order valence-corrected chi connectivity index (χ1v) is 6.27. The van der Waals surface area contributed by atoms with E-state index in [2.05, 4.69) is 35.2 Å². The number of ether oxygens (including phenoxy) is 1. The summed E-state index contributed by atoms with van der Waals surface area (Å²) in [5, 5.41) is 3.06. The summed E-state index contributed by atoms with van der Waals surface area (Å²) in [5.74, 6) is 1.54. The molecule has 100 valence electrons. The van der Waals surface area contributed by atoms with E-state index in [0.29, 0.717) is 6.61 Å².